The number of hydrogen-bond acceptors (Lipinski definition) is 7. The third kappa shape index (κ3) is 3.65. The van der Waals surface area contributed by atoms with E-state index in [4.69, 9.17) is 20.8 Å². The van der Waals surface area contributed by atoms with Crippen molar-refractivity contribution in [3.8, 4) is 23.0 Å². The van der Waals surface area contributed by atoms with Gasteiger partial charge in [0.1, 0.15) is 5.03 Å². The molecule has 1 N–H and O–H groups in total. The van der Waals surface area contributed by atoms with Crippen molar-refractivity contribution >= 4 is 28.4 Å². The third-order valence-electron chi connectivity index (χ3n) is 3.45. The van der Waals surface area contributed by atoms with Crippen LogP contribution in [0.15, 0.2) is 46.9 Å². The molecule has 1 heterocycles. The molecule has 3 aromatic rings. The standard InChI is InChI=1S/C17H12ClN3O5/c1-25-15-9-10(2-7-14(15)22)8-13(18)17-20-19-16(26-17)11-3-5-12(6-4-11)21(23)24/h2-9,22H,1H3/b13-8-. The number of hydrogen-bond donors (Lipinski definition) is 1. The molecule has 0 amide bonds. The highest BCUT2D eigenvalue weighted by atomic mass is 35.5. The first kappa shape index (κ1) is 17.4. The Bertz CT molecular complexity index is 982. The molecule has 8 nitrogen and oxygen atoms in total. The molecule has 1 aromatic heterocycles. The Morgan fingerprint density at radius 1 is 1.27 bits per heavy atom. The number of phenols is 1. The van der Waals surface area contributed by atoms with Crippen LogP contribution in [0.5, 0.6) is 11.5 Å². The van der Waals surface area contributed by atoms with Gasteiger partial charge in [-0.3, -0.25) is 10.1 Å². The van der Waals surface area contributed by atoms with Gasteiger partial charge in [0.2, 0.25) is 5.89 Å². The number of non-ortho nitro benzene ring substituents is 1. The van der Waals surface area contributed by atoms with Gasteiger partial charge in [-0.15, -0.1) is 10.2 Å². The van der Waals surface area contributed by atoms with Gasteiger partial charge in [-0.25, -0.2) is 0 Å². The van der Waals surface area contributed by atoms with E-state index in [-0.39, 0.29) is 28.3 Å². The number of methoxy groups -OCH3 is 1. The van der Waals surface area contributed by atoms with E-state index in [2.05, 4.69) is 10.2 Å². The Kier molecular flexibility index (Phi) is 4.85. The number of rotatable bonds is 5. The molecule has 0 aliphatic rings. The highest BCUT2D eigenvalue weighted by Gasteiger charge is 2.13. The molecule has 0 radical (unpaired) electrons. The zero-order valence-electron chi connectivity index (χ0n) is 13.4. The van der Waals surface area contributed by atoms with Crippen LogP contribution in [0.25, 0.3) is 22.6 Å². The number of nitrogens with zero attached hydrogens (tertiary/aromatic N) is 3. The molecule has 0 aliphatic heterocycles. The highest BCUT2D eigenvalue weighted by Crippen LogP contribution is 2.30. The van der Waals surface area contributed by atoms with Gasteiger partial charge < -0.3 is 14.3 Å². The number of aromatic nitrogens is 2. The van der Waals surface area contributed by atoms with E-state index in [9.17, 15) is 15.2 Å². The topological polar surface area (TPSA) is 112 Å². The molecular weight excluding hydrogens is 362 g/mol. The van der Waals surface area contributed by atoms with Gasteiger partial charge in [-0.2, -0.15) is 0 Å². The SMILES string of the molecule is COc1cc(/C=C(\Cl)c2nnc(-c3ccc([N+](=O)[O-])cc3)o2)ccc1O. The van der Waals surface area contributed by atoms with Gasteiger partial charge in [-0.05, 0) is 35.9 Å². The van der Waals surface area contributed by atoms with Crippen LogP contribution in [0, 0.1) is 10.1 Å². The Balaban J connectivity index is 1.85. The molecule has 9 heteroatoms. The predicted molar refractivity (Wildman–Crippen MR) is 94.8 cm³/mol. The van der Waals surface area contributed by atoms with Crippen LogP contribution in [0.4, 0.5) is 5.69 Å². The highest BCUT2D eigenvalue weighted by molar-refractivity contribution is 6.50. The lowest BCUT2D eigenvalue weighted by atomic mass is 10.2. The van der Waals surface area contributed by atoms with E-state index in [1.54, 1.807) is 18.2 Å². The first-order chi connectivity index (χ1) is 12.5. The van der Waals surface area contributed by atoms with Crippen molar-refractivity contribution < 1.29 is 19.2 Å². The number of ether oxygens (including phenoxy) is 1. The van der Waals surface area contributed by atoms with Gasteiger partial charge >= 0.3 is 0 Å². The second kappa shape index (κ2) is 7.24. The second-order valence-corrected chi connectivity index (χ2v) is 5.55. The molecule has 132 valence electrons. The Hall–Kier alpha value is -3.39. The summed E-state index contributed by atoms with van der Waals surface area (Å²) in [6.45, 7) is 0. The maximum Gasteiger partial charge on any atom is 0.269 e. The number of nitro benzene ring substituents is 1. The molecule has 2 aromatic carbocycles. The first-order valence-electron chi connectivity index (χ1n) is 7.31. The number of phenolic OH excluding ortho intramolecular Hbond substituents is 1. The quantitative estimate of drug-likeness (QED) is 0.529. The van der Waals surface area contributed by atoms with Crippen LogP contribution >= 0.6 is 11.6 Å². The second-order valence-electron chi connectivity index (χ2n) is 5.14. The van der Waals surface area contributed by atoms with E-state index in [0.29, 0.717) is 16.9 Å². The molecule has 0 fully saturated rings. The van der Waals surface area contributed by atoms with Gasteiger partial charge in [0.25, 0.3) is 11.6 Å². The van der Waals surface area contributed by atoms with E-state index in [1.807, 2.05) is 0 Å². The number of benzene rings is 2. The van der Waals surface area contributed by atoms with Gasteiger partial charge in [0.15, 0.2) is 11.5 Å². The molecule has 3 rings (SSSR count). The van der Waals surface area contributed by atoms with Crippen LogP contribution in [0.1, 0.15) is 11.5 Å². The largest absolute Gasteiger partial charge is 0.504 e. The molecule has 0 aliphatic carbocycles. The fourth-order valence-electron chi connectivity index (χ4n) is 2.15. The Labute approximate surface area is 152 Å². The molecule has 0 bridgehead atoms. The van der Waals surface area contributed by atoms with Crippen molar-refractivity contribution in [3.63, 3.8) is 0 Å². The smallest absolute Gasteiger partial charge is 0.269 e. The van der Waals surface area contributed by atoms with E-state index < -0.39 is 4.92 Å². The maximum absolute atomic E-state index is 10.7. The van der Waals surface area contributed by atoms with Crippen LogP contribution in [0.3, 0.4) is 0 Å². The minimum atomic E-state index is -0.492. The predicted octanol–water partition coefficient (Wildman–Crippen LogP) is 4.10. The summed E-state index contributed by atoms with van der Waals surface area (Å²) in [5.74, 6) is 0.594. The average Bonchev–Trinajstić information content (AvgIpc) is 3.13. The summed E-state index contributed by atoms with van der Waals surface area (Å²) >= 11 is 6.22. The van der Waals surface area contributed by atoms with E-state index in [1.165, 1.54) is 37.4 Å². The lowest BCUT2D eigenvalue weighted by molar-refractivity contribution is -0.384. The summed E-state index contributed by atoms with van der Waals surface area (Å²) in [6, 6.07) is 10.4. The molecule has 26 heavy (non-hydrogen) atoms. The summed E-state index contributed by atoms with van der Waals surface area (Å²) in [4.78, 5) is 10.2. The first-order valence-corrected chi connectivity index (χ1v) is 7.68. The molecule has 0 unspecified atom stereocenters. The van der Waals surface area contributed by atoms with E-state index in [0.717, 1.165) is 0 Å². The lowest BCUT2D eigenvalue weighted by Gasteiger charge is -2.03. The van der Waals surface area contributed by atoms with Crippen molar-refractivity contribution in [1.82, 2.24) is 10.2 Å². The van der Waals surface area contributed by atoms with Crippen molar-refractivity contribution in [1.29, 1.82) is 0 Å². The number of nitro groups is 1. The summed E-state index contributed by atoms with van der Waals surface area (Å²) in [7, 11) is 1.44. The average molecular weight is 374 g/mol. The summed E-state index contributed by atoms with van der Waals surface area (Å²) in [5.41, 5.74) is 1.16. The summed E-state index contributed by atoms with van der Waals surface area (Å²) < 4.78 is 10.6. The van der Waals surface area contributed by atoms with Crippen LogP contribution in [0.2, 0.25) is 0 Å². The van der Waals surface area contributed by atoms with Crippen molar-refractivity contribution in [2.45, 2.75) is 0 Å². The lowest BCUT2D eigenvalue weighted by Crippen LogP contribution is -1.87. The Morgan fingerprint density at radius 2 is 2.00 bits per heavy atom. The monoisotopic (exact) mass is 373 g/mol. The van der Waals surface area contributed by atoms with Crippen molar-refractivity contribution in [3.05, 3.63) is 64.0 Å². The van der Waals surface area contributed by atoms with Crippen molar-refractivity contribution in [2.75, 3.05) is 7.11 Å². The maximum atomic E-state index is 10.7. The molecule has 0 saturated heterocycles. The number of halogens is 1. The zero-order valence-corrected chi connectivity index (χ0v) is 14.2. The minimum Gasteiger partial charge on any atom is -0.504 e. The van der Waals surface area contributed by atoms with Crippen LogP contribution < -0.4 is 4.74 Å². The Morgan fingerprint density at radius 3 is 2.65 bits per heavy atom. The molecular formula is C17H12ClN3O5. The van der Waals surface area contributed by atoms with Crippen LogP contribution in [-0.2, 0) is 0 Å². The zero-order chi connectivity index (χ0) is 18.7. The third-order valence-corrected chi connectivity index (χ3v) is 3.72. The van der Waals surface area contributed by atoms with Gasteiger partial charge in [-0.1, -0.05) is 17.7 Å². The fourth-order valence-corrected chi connectivity index (χ4v) is 2.36. The van der Waals surface area contributed by atoms with Gasteiger partial charge in [0.05, 0.1) is 12.0 Å². The fraction of sp³-hybridized carbons (Fsp3) is 0.0588. The normalized spacial score (nSPS) is 11.4. The van der Waals surface area contributed by atoms with Gasteiger partial charge in [0, 0.05) is 17.7 Å². The van der Waals surface area contributed by atoms with Crippen LogP contribution in [-0.4, -0.2) is 27.3 Å². The van der Waals surface area contributed by atoms with E-state index >= 15 is 0 Å². The molecule has 0 spiro atoms. The summed E-state index contributed by atoms with van der Waals surface area (Å²) in [5, 5.41) is 28.3. The minimum absolute atomic E-state index is 0.0130. The van der Waals surface area contributed by atoms with Crippen molar-refractivity contribution in [2.24, 2.45) is 0 Å². The summed E-state index contributed by atoms with van der Waals surface area (Å²) in [6.07, 6.45) is 1.58. The molecule has 0 atom stereocenters. The number of aromatic hydroxyl groups is 1. The molecule has 0 saturated carbocycles.